The molecule has 0 fully saturated rings. The highest BCUT2D eigenvalue weighted by Crippen LogP contribution is 2.20. The average Bonchev–Trinajstić information content (AvgIpc) is 2.65. The van der Waals surface area contributed by atoms with Gasteiger partial charge in [-0.1, -0.05) is 30.4 Å². The van der Waals surface area contributed by atoms with Crippen LogP contribution in [0, 0.1) is 5.92 Å². The molecule has 0 amide bonds. The molecule has 0 saturated carbocycles. The first-order valence-corrected chi connectivity index (χ1v) is 5.46. The van der Waals surface area contributed by atoms with Crippen molar-refractivity contribution in [2.75, 3.05) is 18.5 Å². The van der Waals surface area contributed by atoms with E-state index >= 15 is 0 Å². The zero-order valence-electron chi connectivity index (χ0n) is 9.13. The van der Waals surface area contributed by atoms with Crippen LogP contribution in [0.15, 0.2) is 42.5 Å². The fourth-order valence-corrected chi connectivity index (χ4v) is 2.08. The molecule has 0 bridgehead atoms. The average molecular weight is 202 g/mol. The van der Waals surface area contributed by atoms with Crippen LogP contribution in [0.1, 0.15) is 6.42 Å². The Hall–Kier alpha value is -1.28. The molecule has 15 heavy (non-hydrogen) atoms. The SMILES string of the molecule is CN(CC1C=CC(N)C1)c1ccccc1. The van der Waals surface area contributed by atoms with Crippen molar-refractivity contribution in [2.45, 2.75) is 12.5 Å². The highest BCUT2D eigenvalue weighted by Gasteiger charge is 2.17. The van der Waals surface area contributed by atoms with Crippen molar-refractivity contribution in [1.29, 1.82) is 0 Å². The largest absolute Gasteiger partial charge is 0.374 e. The van der Waals surface area contributed by atoms with Crippen LogP contribution in [-0.2, 0) is 0 Å². The lowest BCUT2D eigenvalue weighted by atomic mass is 10.1. The second kappa shape index (κ2) is 4.49. The van der Waals surface area contributed by atoms with E-state index in [9.17, 15) is 0 Å². The molecule has 2 atom stereocenters. The first kappa shape index (κ1) is 10.2. The quantitative estimate of drug-likeness (QED) is 0.760. The van der Waals surface area contributed by atoms with Gasteiger partial charge in [-0.3, -0.25) is 0 Å². The van der Waals surface area contributed by atoms with Crippen molar-refractivity contribution in [3.05, 3.63) is 42.5 Å². The highest BCUT2D eigenvalue weighted by molar-refractivity contribution is 5.45. The molecule has 0 heterocycles. The minimum atomic E-state index is 0.263. The molecule has 0 saturated heterocycles. The van der Waals surface area contributed by atoms with Crippen molar-refractivity contribution in [2.24, 2.45) is 11.7 Å². The van der Waals surface area contributed by atoms with Crippen molar-refractivity contribution in [3.63, 3.8) is 0 Å². The van der Waals surface area contributed by atoms with Crippen LogP contribution in [0.3, 0.4) is 0 Å². The van der Waals surface area contributed by atoms with Gasteiger partial charge in [-0.25, -0.2) is 0 Å². The first-order valence-electron chi connectivity index (χ1n) is 5.46. The van der Waals surface area contributed by atoms with Crippen LogP contribution in [-0.4, -0.2) is 19.6 Å². The summed E-state index contributed by atoms with van der Waals surface area (Å²) in [6.45, 7) is 1.05. The molecule has 2 rings (SSSR count). The van der Waals surface area contributed by atoms with Gasteiger partial charge in [0, 0.05) is 25.3 Å². The van der Waals surface area contributed by atoms with E-state index in [1.54, 1.807) is 0 Å². The molecule has 2 nitrogen and oxygen atoms in total. The van der Waals surface area contributed by atoms with Gasteiger partial charge in [0.15, 0.2) is 0 Å². The third-order valence-corrected chi connectivity index (χ3v) is 2.91. The summed E-state index contributed by atoms with van der Waals surface area (Å²) in [7, 11) is 2.13. The number of nitrogens with zero attached hydrogens (tertiary/aromatic N) is 1. The van der Waals surface area contributed by atoms with Gasteiger partial charge < -0.3 is 10.6 Å². The minimum absolute atomic E-state index is 0.263. The smallest absolute Gasteiger partial charge is 0.0363 e. The Morgan fingerprint density at radius 1 is 1.27 bits per heavy atom. The third kappa shape index (κ3) is 2.60. The number of rotatable bonds is 3. The minimum Gasteiger partial charge on any atom is -0.374 e. The molecule has 1 aliphatic carbocycles. The molecule has 2 heteroatoms. The maximum atomic E-state index is 5.83. The third-order valence-electron chi connectivity index (χ3n) is 2.91. The fraction of sp³-hybridized carbons (Fsp3) is 0.385. The van der Waals surface area contributed by atoms with Gasteiger partial charge in [-0.2, -0.15) is 0 Å². The predicted octanol–water partition coefficient (Wildman–Crippen LogP) is 2.03. The van der Waals surface area contributed by atoms with Gasteiger partial charge in [0.25, 0.3) is 0 Å². The lowest BCUT2D eigenvalue weighted by Gasteiger charge is -2.22. The summed E-state index contributed by atoms with van der Waals surface area (Å²) in [6.07, 6.45) is 5.44. The van der Waals surface area contributed by atoms with Crippen LogP contribution in [0.2, 0.25) is 0 Å². The molecule has 80 valence electrons. The summed E-state index contributed by atoms with van der Waals surface area (Å²) >= 11 is 0. The molecular formula is C13H18N2. The molecule has 0 radical (unpaired) electrons. The molecular weight excluding hydrogens is 184 g/mol. The Bertz CT molecular complexity index is 332. The second-order valence-corrected chi connectivity index (χ2v) is 4.26. The lowest BCUT2D eigenvalue weighted by molar-refractivity contribution is 0.586. The van der Waals surface area contributed by atoms with E-state index in [0.29, 0.717) is 5.92 Å². The molecule has 0 spiro atoms. The second-order valence-electron chi connectivity index (χ2n) is 4.26. The van der Waals surface area contributed by atoms with Crippen LogP contribution >= 0.6 is 0 Å². The topological polar surface area (TPSA) is 29.3 Å². The maximum Gasteiger partial charge on any atom is 0.0363 e. The number of benzene rings is 1. The Labute approximate surface area is 91.4 Å². The first-order chi connectivity index (χ1) is 7.25. The zero-order chi connectivity index (χ0) is 10.7. The summed E-state index contributed by atoms with van der Waals surface area (Å²) in [4.78, 5) is 2.28. The number of hydrogen-bond acceptors (Lipinski definition) is 2. The van der Waals surface area contributed by atoms with Gasteiger partial charge in [-0.15, -0.1) is 0 Å². The number of nitrogens with two attached hydrogens (primary N) is 1. The van der Waals surface area contributed by atoms with Crippen molar-refractivity contribution in [3.8, 4) is 0 Å². The zero-order valence-corrected chi connectivity index (χ0v) is 9.13. The molecule has 1 aromatic carbocycles. The Balaban J connectivity index is 1.93. The van der Waals surface area contributed by atoms with Gasteiger partial charge in [0.05, 0.1) is 0 Å². The highest BCUT2D eigenvalue weighted by atomic mass is 15.1. The van der Waals surface area contributed by atoms with E-state index in [1.165, 1.54) is 5.69 Å². The summed E-state index contributed by atoms with van der Waals surface area (Å²) in [5, 5.41) is 0. The normalized spacial score (nSPS) is 24.4. The van der Waals surface area contributed by atoms with Crippen LogP contribution in [0.25, 0.3) is 0 Å². The molecule has 2 N–H and O–H groups in total. The lowest BCUT2D eigenvalue weighted by Crippen LogP contribution is -2.25. The Kier molecular flexibility index (Phi) is 3.07. The van der Waals surface area contributed by atoms with E-state index < -0.39 is 0 Å². The van der Waals surface area contributed by atoms with Gasteiger partial charge in [0.1, 0.15) is 0 Å². The molecule has 0 aromatic heterocycles. The summed E-state index contributed by atoms with van der Waals surface area (Å²) in [5.41, 5.74) is 7.10. The van der Waals surface area contributed by atoms with Crippen molar-refractivity contribution in [1.82, 2.24) is 0 Å². The maximum absolute atomic E-state index is 5.83. The van der Waals surface area contributed by atoms with Crippen LogP contribution < -0.4 is 10.6 Å². The molecule has 1 aromatic rings. The standard InChI is InChI=1S/C13H18N2/c1-15(13-5-3-2-4-6-13)10-11-7-8-12(14)9-11/h2-8,11-12H,9-10,14H2,1H3. The molecule has 0 aliphatic heterocycles. The number of anilines is 1. The molecule has 1 aliphatic rings. The monoisotopic (exact) mass is 202 g/mol. The van der Waals surface area contributed by atoms with E-state index in [4.69, 9.17) is 5.73 Å². The van der Waals surface area contributed by atoms with E-state index in [0.717, 1.165) is 13.0 Å². The number of hydrogen-bond donors (Lipinski definition) is 1. The van der Waals surface area contributed by atoms with Crippen molar-refractivity contribution < 1.29 is 0 Å². The Morgan fingerprint density at radius 2 is 2.00 bits per heavy atom. The van der Waals surface area contributed by atoms with Gasteiger partial charge in [-0.05, 0) is 24.5 Å². The van der Waals surface area contributed by atoms with E-state index in [-0.39, 0.29) is 6.04 Å². The summed E-state index contributed by atoms with van der Waals surface area (Å²) in [5.74, 6) is 0.602. The fourth-order valence-electron chi connectivity index (χ4n) is 2.08. The van der Waals surface area contributed by atoms with E-state index in [1.807, 2.05) is 6.07 Å². The number of para-hydroxylation sites is 1. The van der Waals surface area contributed by atoms with Gasteiger partial charge in [0.2, 0.25) is 0 Å². The Morgan fingerprint density at radius 3 is 2.60 bits per heavy atom. The van der Waals surface area contributed by atoms with Crippen LogP contribution in [0.5, 0.6) is 0 Å². The van der Waals surface area contributed by atoms with Crippen LogP contribution in [0.4, 0.5) is 5.69 Å². The summed E-state index contributed by atoms with van der Waals surface area (Å²) in [6, 6.07) is 10.7. The predicted molar refractivity (Wildman–Crippen MR) is 64.9 cm³/mol. The van der Waals surface area contributed by atoms with E-state index in [2.05, 4.69) is 48.4 Å². The summed E-state index contributed by atoms with van der Waals surface area (Å²) < 4.78 is 0. The molecule has 2 unspecified atom stereocenters. The van der Waals surface area contributed by atoms with Crippen molar-refractivity contribution >= 4 is 5.69 Å². The van der Waals surface area contributed by atoms with Gasteiger partial charge >= 0.3 is 0 Å².